The second-order valence-electron chi connectivity index (χ2n) is 9.00. The van der Waals surface area contributed by atoms with Gasteiger partial charge in [-0.05, 0) is 50.4 Å². The van der Waals surface area contributed by atoms with Gasteiger partial charge in [0.15, 0.2) is 0 Å². The molecule has 2 saturated heterocycles. The van der Waals surface area contributed by atoms with Crippen LogP contribution in [0.25, 0.3) is 0 Å². The number of sulfonamides is 1. The van der Waals surface area contributed by atoms with Gasteiger partial charge in [0.05, 0.1) is 5.56 Å². The quantitative estimate of drug-likeness (QED) is 0.661. The summed E-state index contributed by atoms with van der Waals surface area (Å²) in [5.74, 6) is -0.186. The first-order valence-corrected chi connectivity index (χ1v) is 12.8. The number of aromatic amines is 1. The summed E-state index contributed by atoms with van der Waals surface area (Å²) in [5, 5.41) is 0. The van der Waals surface area contributed by atoms with E-state index >= 15 is 0 Å². The number of benzene rings is 1. The van der Waals surface area contributed by atoms with E-state index in [9.17, 15) is 26.4 Å². The molecule has 0 atom stereocenters. The van der Waals surface area contributed by atoms with E-state index in [-0.39, 0.29) is 22.5 Å². The van der Waals surface area contributed by atoms with Crippen molar-refractivity contribution in [2.75, 3.05) is 33.2 Å². The number of rotatable bonds is 6. The number of nitrogens with zero attached hydrogens (tertiary/aromatic N) is 3. The number of hydrogen-bond acceptors (Lipinski definition) is 4. The fraction of sp³-hybridized carbons (Fsp3) is 0.522. The molecular weight excluding hydrogens is 469 g/mol. The van der Waals surface area contributed by atoms with Crippen LogP contribution < -0.4 is 0 Å². The van der Waals surface area contributed by atoms with E-state index in [1.165, 1.54) is 22.6 Å². The number of amides is 1. The average Bonchev–Trinajstić information content (AvgIpc) is 3.51. The molecule has 7 nitrogen and oxygen atoms in total. The van der Waals surface area contributed by atoms with Gasteiger partial charge in [-0.3, -0.25) is 9.69 Å². The summed E-state index contributed by atoms with van der Waals surface area (Å²) >= 11 is 0. The first kappa shape index (κ1) is 24.7. The van der Waals surface area contributed by atoms with Crippen molar-refractivity contribution in [2.24, 2.45) is 0 Å². The Kier molecular flexibility index (Phi) is 7.07. The van der Waals surface area contributed by atoms with Gasteiger partial charge in [0.25, 0.3) is 5.91 Å². The van der Waals surface area contributed by atoms with Crippen LogP contribution in [-0.2, 0) is 22.7 Å². The highest BCUT2D eigenvalue weighted by Gasteiger charge is 2.33. The fourth-order valence-corrected chi connectivity index (χ4v) is 6.14. The Morgan fingerprint density at radius 1 is 1.12 bits per heavy atom. The molecule has 2 aliphatic rings. The zero-order chi connectivity index (χ0) is 24.5. The standard InChI is InChI=1S/C23H29F3N4O3S/c1-28(16-17-5-4-6-18(13-17)23(24,25)26)19-7-11-30(12-8-19)34(32,33)20-14-21(27-15-20)22(31)29-9-2-3-10-29/h4-6,13-15,19,27H,2-3,7-12,16H2,1H3. The maximum atomic E-state index is 13.1. The molecule has 0 saturated carbocycles. The van der Waals surface area contributed by atoms with Crippen molar-refractivity contribution < 1.29 is 26.4 Å². The molecule has 0 aliphatic carbocycles. The lowest BCUT2D eigenvalue weighted by molar-refractivity contribution is -0.137. The number of alkyl halides is 3. The lowest BCUT2D eigenvalue weighted by Crippen LogP contribution is -2.45. The van der Waals surface area contributed by atoms with Crippen LogP contribution in [0.4, 0.5) is 13.2 Å². The maximum absolute atomic E-state index is 13.1. The molecule has 0 unspecified atom stereocenters. The number of carbonyl (C=O) groups excluding carboxylic acids is 1. The first-order chi connectivity index (χ1) is 16.1. The van der Waals surface area contributed by atoms with Crippen LogP contribution in [0.3, 0.4) is 0 Å². The molecule has 2 aliphatic heterocycles. The molecule has 0 bridgehead atoms. The molecule has 11 heteroatoms. The molecule has 0 spiro atoms. The van der Waals surface area contributed by atoms with Crippen molar-refractivity contribution in [1.29, 1.82) is 0 Å². The van der Waals surface area contributed by atoms with Gasteiger partial charge in [0.1, 0.15) is 10.6 Å². The van der Waals surface area contributed by atoms with Gasteiger partial charge >= 0.3 is 6.18 Å². The van der Waals surface area contributed by atoms with Crippen molar-refractivity contribution >= 4 is 15.9 Å². The molecule has 1 aromatic heterocycles. The van der Waals surface area contributed by atoms with E-state index in [1.807, 2.05) is 11.9 Å². The van der Waals surface area contributed by atoms with Crippen molar-refractivity contribution in [3.8, 4) is 0 Å². The summed E-state index contributed by atoms with van der Waals surface area (Å²) in [6, 6.07) is 6.74. The topological polar surface area (TPSA) is 76.7 Å². The Balaban J connectivity index is 1.35. The molecular formula is C23H29F3N4O3S. The SMILES string of the molecule is CN(Cc1cccc(C(F)(F)F)c1)C1CCN(S(=O)(=O)c2c[nH]c(C(=O)N3CCCC3)c2)CC1. The number of likely N-dealkylation sites (tertiary alicyclic amines) is 1. The number of aromatic nitrogens is 1. The van der Waals surface area contributed by atoms with E-state index < -0.39 is 21.8 Å². The number of H-pyrrole nitrogens is 1. The molecule has 4 rings (SSSR count). The highest BCUT2D eigenvalue weighted by molar-refractivity contribution is 7.89. The largest absolute Gasteiger partial charge is 0.416 e. The monoisotopic (exact) mass is 498 g/mol. The number of piperidine rings is 1. The lowest BCUT2D eigenvalue weighted by atomic mass is 10.0. The third-order valence-corrected chi connectivity index (χ3v) is 8.53. The Bertz CT molecular complexity index is 1120. The maximum Gasteiger partial charge on any atom is 0.416 e. The van der Waals surface area contributed by atoms with Crippen molar-refractivity contribution in [3.63, 3.8) is 0 Å². The molecule has 1 N–H and O–H groups in total. The lowest BCUT2D eigenvalue weighted by Gasteiger charge is -2.36. The van der Waals surface area contributed by atoms with Crippen molar-refractivity contribution in [3.05, 3.63) is 53.3 Å². The summed E-state index contributed by atoms with van der Waals surface area (Å²) in [5.41, 5.74) is 0.166. The Labute approximate surface area is 197 Å². The fourth-order valence-electron chi connectivity index (χ4n) is 4.67. The van der Waals surface area contributed by atoms with Crippen LogP contribution in [0.15, 0.2) is 41.4 Å². The van der Waals surface area contributed by atoms with E-state index in [1.54, 1.807) is 11.0 Å². The van der Waals surface area contributed by atoms with Gasteiger partial charge in [-0.2, -0.15) is 17.5 Å². The van der Waals surface area contributed by atoms with Gasteiger partial charge in [-0.15, -0.1) is 0 Å². The number of hydrogen-bond donors (Lipinski definition) is 1. The smallest absolute Gasteiger partial charge is 0.356 e. The summed E-state index contributed by atoms with van der Waals surface area (Å²) in [4.78, 5) is 19.1. The molecule has 3 heterocycles. The molecule has 2 fully saturated rings. The molecule has 1 aromatic carbocycles. The van der Waals surface area contributed by atoms with Gasteiger partial charge < -0.3 is 9.88 Å². The second-order valence-corrected chi connectivity index (χ2v) is 10.9. The Hall–Kier alpha value is -2.37. The zero-order valence-electron chi connectivity index (χ0n) is 19.0. The van der Waals surface area contributed by atoms with Crippen LogP contribution in [-0.4, -0.2) is 72.7 Å². The Morgan fingerprint density at radius 2 is 1.79 bits per heavy atom. The third-order valence-electron chi connectivity index (χ3n) is 6.65. The minimum absolute atomic E-state index is 0.0551. The predicted molar refractivity (Wildman–Crippen MR) is 121 cm³/mol. The summed E-state index contributed by atoms with van der Waals surface area (Å²) in [6.45, 7) is 2.32. The van der Waals surface area contributed by atoms with Gasteiger partial charge in [0, 0.05) is 45.0 Å². The molecule has 2 aromatic rings. The molecule has 0 radical (unpaired) electrons. The predicted octanol–water partition coefficient (Wildman–Crippen LogP) is 3.55. The van der Waals surface area contributed by atoms with Gasteiger partial charge in [0.2, 0.25) is 10.0 Å². The van der Waals surface area contributed by atoms with Crippen molar-refractivity contribution in [2.45, 2.75) is 49.3 Å². The van der Waals surface area contributed by atoms with E-state index in [2.05, 4.69) is 4.98 Å². The molecule has 1 amide bonds. The molecule has 34 heavy (non-hydrogen) atoms. The zero-order valence-corrected chi connectivity index (χ0v) is 19.8. The Morgan fingerprint density at radius 3 is 2.44 bits per heavy atom. The molecule has 186 valence electrons. The normalized spacial score (nSPS) is 18.7. The van der Waals surface area contributed by atoms with E-state index in [0.717, 1.165) is 25.0 Å². The highest BCUT2D eigenvalue weighted by atomic mass is 32.2. The number of nitrogens with one attached hydrogen (secondary N) is 1. The van der Waals surface area contributed by atoms with E-state index in [0.29, 0.717) is 51.1 Å². The first-order valence-electron chi connectivity index (χ1n) is 11.4. The van der Waals surface area contributed by atoms with Crippen LogP contribution >= 0.6 is 0 Å². The van der Waals surface area contributed by atoms with E-state index in [4.69, 9.17) is 0 Å². The van der Waals surface area contributed by atoms with Gasteiger partial charge in [-0.1, -0.05) is 18.2 Å². The van der Waals surface area contributed by atoms with Crippen LogP contribution in [0.1, 0.15) is 47.3 Å². The minimum Gasteiger partial charge on any atom is -0.356 e. The summed E-state index contributed by atoms with van der Waals surface area (Å²) in [6.07, 6.45) is 0.0246. The summed E-state index contributed by atoms with van der Waals surface area (Å²) in [7, 11) is -1.90. The number of carbonyl (C=O) groups is 1. The summed E-state index contributed by atoms with van der Waals surface area (Å²) < 4.78 is 66.6. The number of halogens is 3. The van der Waals surface area contributed by atoms with Gasteiger partial charge in [-0.25, -0.2) is 8.42 Å². The second kappa shape index (κ2) is 9.71. The average molecular weight is 499 g/mol. The van der Waals surface area contributed by atoms with Crippen molar-refractivity contribution in [1.82, 2.24) is 19.1 Å². The van der Waals surface area contributed by atoms with Crippen LogP contribution in [0.5, 0.6) is 0 Å². The minimum atomic E-state index is -4.38. The third kappa shape index (κ3) is 5.31. The van der Waals surface area contributed by atoms with Crippen LogP contribution in [0.2, 0.25) is 0 Å². The van der Waals surface area contributed by atoms with Crippen LogP contribution in [0, 0.1) is 0 Å². The highest BCUT2D eigenvalue weighted by Crippen LogP contribution is 2.30.